The maximum atomic E-state index is 12.9. The molecule has 4 aliphatic heterocycles. The molecule has 5 rings (SSSR count). The fourth-order valence-electron chi connectivity index (χ4n) is 4.51. The molecule has 1 aromatic rings. The first kappa shape index (κ1) is 19.6. The van der Waals surface area contributed by atoms with E-state index in [1.807, 2.05) is 12.1 Å². The van der Waals surface area contributed by atoms with Crippen LogP contribution < -0.4 is 15.9 Å². The number of carbonyl (C=O) groups is 2. The minimum Gasteiger partial charge on any atom is -0.371 e. The van der Waals surface area contributed by atoms with Crippen LogP contribution in [0, 0.1) is 11.8 Å². The van der Waals surface area contributed by atoms with Gasteiger partial charge in [-0.1, -0.05) is 5.64 Å². The number of fused-ring (bicyclic) bond motifs is 1. The van der Waals surface area contributed by atoms with Crippen molar-refractivity contribution in [3.63, 3.8) is 0 Å². The van der Waals surface area contributed by atoms with E-state index < -0.39 is 6.23 Å². The summed E-state index contributed by atoms with van der Waals surface area (Å²) in [5.74, 6) is 1.04. The molecule has 152 valence electrons. The normalized spacial score (nSPS) is 26.1. The Morgan fingerprint density at radius 3 is 2.36 bits per heavy atom. The highest BCUT2D eigenvalue weighted by atomic mass is 35.5. The van der Waals surface area contributed by atoms with E-state index in [1.165, 1.54) is 17.7 Å². The Kier molecular flexibility index (Phi) is 5.57. The summed E-state index contributed by atoms with van der Waals surface area (Å²) >= 11 is 0. The number of hydrogen-bond acceptors (Lipinski definition) is 7. The number of benzene rings is 1. The van der Waals surface area contributed by atoms with E-state index >= 15 is 0 Å². The quantitative estimate of drug-likeness (QED) is 0.730. The minimum atomic E-state index is -0.638. The van der Waals surface area contributed by atoms with E-state index in [0.29, 0.717) is 24.2 Å². The second-order valence-electron chi connectivity index (χ2n) is 7.75. The minimum absolute atomic E-state index is 0. The number of anilines is 1. The maximum Gasteiger partial charge on any atom is 0.263 e. The van der Waals surface area contributed by atoms with Crippen LogP contribution in [-0.4, -0.2) is 55.7 Å². The summed E-state index contributed by atoms with van der Waals surface area (Å²) in [6.07, 6.45) is 2.18. The lowest BCUT2D eigenvalue weighted by atomic mass is 9.81. The molecule has 2 amide bonds. The zero-order valence-corrected chi connectivity index (χ0v) is 16.4. The van der Waals surface area contributed by atoms with Gasteiger partial charge in [0.2, 0.25) is 0 Å². The lowest BCUT2D eigenvalue weighted by Gasteiger charge is -2.41. The second-order valence-corrected chi connectivity index (χ2v) is 7.75. The molecule has 0 bridgehead atoms. The Bertz CT molecular complexity index is 758. The van der Waals surface area contributed by atoms with Crippen molar-refractivity contribution in [2.75, 3.05) is 37.7 Å². The Labute approximate surface area is 169 Å². The zero-order chi connectivity index (χ0) is 18.4. The Hall–Kier alpha value is -1.71. The third-order valence-electron chi connectivity index (χ3n) is 6.28. The van der Waals surface area contributed by atoms with Gasteiger partial charge < -0.3 is 10.2 Å². The third-order valence-corrected chi connectivity index (χ3v) is 6.28. The van der Waals surface area contributed by atoms with Gasteiger partial charge in [0, 0.05) is 25.2 Å². The summed E-state index contributed by atoms with van der Waals surface area (Å²) < 4.78 is 0. The Balaban J connectivity index is 0.00000192. The SMILES string of the molecule is Cl.O=C1c2ccc(N3CCC(C4CNC4)CC3)cc2C(=O)N1C1CCONO1. The molecule has 3 fully saturated rings. The van der Waals surface area contributed by atoms with Gasteiger partial charge >= 0.3 is 0 Å². The highest BCUT2D eigenvalue weighted by molar-refractivity contribution is 6.21. The van der Waals surface area contributed by atoms with Crippen molar-refractivity contribution < 1.29 is 19.3 Å². The summed E-state index contributed by atoms with van der Waals surface area (Å²) in [5.41, 5.74) is 4.25. The molecule has 1 unspecified atom stereocenters. The predicted molar refractivity (Wildman–Crippen MR) is 104 cm³/mol. The van der Waals surface area contributed by atoms with E-state index in [1.54, 1.807) is 6.07 Å². The van der Waals surface area contributed by atoms with Crippen LogP contribution in [0.4, 0.5) is 5.69 Å². The van der Waals surface area contributed by atoms with E-state index in [0.717, 1.165) is 43.7 Å². The van der Waals surface area contributed by atoms with Crippen LogP contribution in [0.1, 0.15) is 40.0 Å². The van der Waals surface area contributed by atoms with Gasteiger partial charge in [0.15, 0.2) is 6.23 Å². The maximum absolute atomic E-state index is 12.9. The van der Waals surface area contributed by atoms with Gasteiger partial charge in [-0.25, -0.2) is 4.90 Å². The number of nitrogens with one attached hydrogen (secondary N) is 2. The molecule has 4 heterocycles. The van der Waals surface area contributed by atoms with Crippen LogP contribution in [0.2, 0.25) is 0 Å². The smallest absolute Gasteiger partial charge is 0.263 e. The van der Waals surface area contributed by atoms with E-state index in [9.17, 15) is 9.59 Å². The predicted octanol–water partition coefficient (Wildman–Crippen LogP) is 1.32. The molecule has 8 nitrogen and oxygen atoms in total. The van der Waals surface area contributed by atoms with Gasteiger partial charge in [-0.3, -0.25) is 19.3 Å². The average Bonchev–Trinajstić information content (AvgIpc) is 2.92. The number of amides is 2. The van der Waals surface area contributed by atoms with Crippen molar-refractivity contribution in [2.24, 2.45) is 11.8 Å². The van der Waals surface area contributed by atoms with Gasteiger partial charge in [0.05, 0.1) is 17.7 Å². The summed E-state index contributed by atoms with van der Waals surface area (Å²) in [5, 5.41) is 3.36. The Morgan fingerprint density at radius 1 is 0.964 bits per heavy atom. The molecule has 9 heteroatoms. The molecule has 1 aromatic carbocycles. The first-order valence-electron chi connectivity index (χ1n) is 9.72. The molecule has 0 aromatic heterocycles. The van der Waals surface area contributed by atoms with Crippen molar-refractivity contribution >= 4 is 29.9 Å². The molecular formula is C19H25ClN4O4. The molecule has 4 aliphatic rings. The van der Waals surface area contributed by atoms with Crippen LogP contribution >= 0.6 is 12.4 Å². The molecular weight excluding hydrogens is 384 g/mol. The first-order valence-corrected chi connectivity index (χ1v) is 9.72. The number of carbonyl (C=O) groups excluding carboxylic acids is 2. The van der Waals surface area contributed by atoms with Crippen molar-refractivity contribution in [3.05, 3.63) is 29.3 Å². The number of nitrogens with zero attached hydrogens (tertiary/aromatic N) is 2. The fraction of sp³-hybridized carbons (Fsp3) is 0.579. The molecule has 3 saturated heterocycles. The fourth-order valence-corrected chi connectivity index (χ4v) is 4.51. The topological polar surface area (TPSA) is 83.1 Å². The van der Waals surface area contributed by atoms with E-state index in [4.69, 9.17) is 9.68 Å². The number of halogens is 1. The average molecular weight is 409 g/mol. The lowest BCUT2D eigenvalue weighted by molar-refractivity contribution is -0.259. The highest BCUT2D eigenvalue weighted by Gasteiger charge is 2.42. The first-order chi connectivity index (χ1) is 13.2. The number of piperidine rings is 1. The second kappa shape index (κ2) is 7.96. The van der Waals surface area contributed by atoms with Crippen LogP contribution in [0.25, 0.3) is 0 Å². The third kappa shape index (κ3) is 3.29. The van der Waals surface area contributed by atoms with Gasteiger partial charge in [-0.2, -0.15) is 0 Å². The van der Waals surface area contributed by atoms with Gasteiger partial charge in [-0.05, 0) is 56.0 Å². The largest absolute Gasteiger partial charge is 0.371 e. The van der Waals surface area contributed by atoms with Crippen molar-refractivity contribution in [2.45, 2.75) is 25.5 Å². The van der Waals surface area contributed by atoms with Crippen LogP contribution in [0.15, 0.2) is 18.2 Å². The van der Waals surface area contributed by atoms with Crippen molar-refractivity contribution in [3.8, 4) is 0 Å². The summed E-state index contributed by atoms with van der Waals surface area (Å²) in [7, 11) is 0. The molecule has 1 atom stereocenters. The van der Waals surface area contributed by atoms with Crippen LogP contribution in [0.5, 0.6) is 0 Å². The van der Waals surface area contributed by atoms with Gasteiger partial charge in [0.25, 0.3) is 11.8 Å². The monoisotopic (exact) mass is 408 g/mol. The summed E-state index contributed by atoms with van der Waals surface area (Å²) in [6, 6.07) is 5.61. The molecule has 0 spiro atoms. The van der Waals surface area contributed by atoms with Crippen molar-refractivity contribution in [1.29, 1.82) is 0 Å². The molecule has 0 aliphatic carbocycles. The number of hydrogen-bond donors (Lipinski definition) is 2. The molecule has 0 radical (unpaired) electrons. The highest BCUT2D eigenvalue weighted by Crippen LogP contribution is 2.33. The number of imide groups is 1. The lowest BCUT2D eigenvalue weighted by Crippen LogP contribution is -2.49. The standard InChI is InChI=1S/C19H24N4O4.ClH/c24-18-15-2-1-14(22-6-3-12(4-7-22)13-10-20-11-13)9-16(15)19(25)23(18)17-5-8-26-21-27-17;/h1-2,9,12-13,17,20-21H,3-8,10-11H2;1H. The van der Waals surface area contributed by atoms with E-state index in [-0.39, 0.29) is 24.2 Å². The van der Waals surface area contributed by atoms with Gasteiger partial charge in [0.1, 0.15) is 0 Å². The summed E-state index contributed by atoms with van der Waals surface area (Å²) in [6.45, 7) is 4.69. The summed E-state index contributed by atoms with van der Waals surface area (Å²) in [4.78, 5) is 39.2. The molecule has 28 heavy (non-hydrogen) atoms. The Morgan fingerprint density at radius 2 is 1.71 bits per heavy atom. The molecule has 0 saturated carbocycles. The molecule has 2 N–H and O–H groups in total. The zero-order valence-electron chi connectivity index (χ0n) is 15.6. The van der Waals surface area contributed by atoms with Crippen LogP contribution in [-0.2, 0) is 9.68 Å². The van der Waals surface area contributed by atoms with E-state index in [2.05, 4.69) is 15.9 Å². The van der Waals surface area contributed by atoms with Gasteiger partial charge in [-0.15, -0.1) is 12.4 Å². The van der Waals surface area contributed by atoms with Crippen LogP contribution in [0.3, 0.4) is 0 Å². The number of rotatable bonds is 3. The van der Waals surface area contributed by atoms with Crippen molar-refractivity contribution in [1.82, 2.24) is 15.9 Å².